The maximum Gasteiger partial charge on any atom is 0.306 e. The summed E-state index contributed by atoms with van der Waals surface area (Å²) in [6.45, 7) is 6.43. The van der Waals surface area contributed by atoms with Crippen molar-refractivity contribution < 1.29 is 28.6 Å². The number of ether oxygens (including phenoxy) is 3. The quantitative estimate of drug-likeness (QED) is 0.0262. The Balaban J connectivity index is 4.28. The fourth-order valence-electron chi connectivity index (χ4n) is 7.43. The molecule has 0 aromatic rings. The van der Waals surface area contributed by atoms with Crippen LogP contribution in [0, 0.1) is 0 Å². The summed E-state index contributed by atoms with van der Waals surface area (Å²) in [7, 11) is 0. The van der Waals surface area contributed by atoms with Crippen LogP contribution in [-0.4, -0.2) is 37.2 Å². The van der Waals surface area contributed by atoms with Crippen LogP contribution >= 0.6 is 0 Å². The van der Waals surface area contributed by atoms with Crippen LogP contribution in [0.4, 0.5) is 0 Å². The maximum atomic E-state index is 12.8. The zero-order valence-corrected chi connectivity index (χ0v) is 45.2. The van der Waals surface area contributed by atoms with Crippen LogP contribution in [0.5, 0.6) is 0 Å². The molecule has 0 aliphatic rings. The zero-order valence-electron chi connectivity index (χ0n) is 45.2. The van der Waals surface area contributed by atoms with Crippen LogP contribution in [0.25, 0.3) is 0 Å². The fraction of sp³-hybridized carbons (Fsp3) is 0.641. The van der Waals surface area contributed by atoms with Crippen LogP contribution in [0.1, 0.15) is 245 Å². The molecule has 1 atom stereocenters. The van der Waals surface area contributed by atoms with Crippen molar-refractivity contribution in [1.29, 1.82) is 0 Å². The SMILES string of the molecule is CC/C=C\C/C=C\C/C=C\C/C=C\C/C=C\C/C=C\C/C=C\C/C=C\C/C=C\CCCCCC(=O)OCC(COC(=O)CCCCCCCCCCC)OC(=O)CCCCCCC/C=C\CCCCC. The van der Waals surface area contributed by atoms with Gasteiger partial charge in [-0.2, -0.15) is 0 Å². The molecule has 0 heterocycles. The Labute approximate surface area is 431 Å². The maximum absolute atomic E-state index is 12.8. The summed E-state index contributed by atoms with van der Waals surface area (Å²) in [5, 5.41) is 0. The third-order valence-electron chi connectivity index (χ3n) is 11.7. The van der Waals surface area contributed by atoms with E-state index in [-0.39, 0.29) is 31.1 Å². The second kappa shape index (κ2) is 57.4. The van der Waals surface area contributed by atoms with Gasteiger partial charge in [0.05, 0.1) is 0 Å². The number of hydrogen-bond donors (Lipinski definition) is 0. The van der Waals surface area contributed by atoms with Gasteiger partial charge in [-0.1, -0.05) is 232 Å². The van der Waals surface area contributed by atoms with Gasteiger partial charge in [-0.3, -0.25) is 14.4 Å². The summed E-state index contributed by atoms with van der Waals surface area (Å²) in [6.07, 6.45) is 79.2. The van der Waals surface area contributed by atoms with Crippen molar-refractivity contribution in [3.8, 4) is 0 Å². The van der Waals surface area contributed by atoms with E-state index in [0.29, 0.717) is 19.3 Å². The normalized spacial score (nSPS) is 13.0. The van der Waals surface area contributed by atoms with Crippen LogP contribution in [0.2, 0.25) is 0 Å². The van der Waals surface area contributed by atoms with Crippen molar-refractivity contribution in [2.24, 2.45) is 0 Å². The Morgan fingerprint density at radius 2 is 0.557 bits per heavy atom. The first-order chi connectivity index (χ1) is 34.5. The zero-order chi connectivity index (χ0) is 50.7. The second-order valence-electron chi connectivity index (χ2n) is 18.5. The summed E-state index contributed by atoms with van der Waals surface area (Å²) in [5.41, 5.74) is 0. The Kier molecular flexibility index (Phi) is 54.0. The molecule has 0 aliphatic carbocycles. The standard InChI is InChI=1S/C64H104O6/c1-4-7-10-13-16-19-21-23-24-25-26-27-28-29-30-31-32-33-34-35-36-37-38-39-40-41-43-45-48-51-54-57-63(66)69-60-61(59-68-62(65)56-53-50-47-44-18-15-12-9-6-3)70-64(67)58-55-52-49-46-42-22-20-17-14-11-8-5-2/h7,10,16-17,19-20,23-24,26-27,29-30,32-33,35-36,38-39,41,43,61H,4-6,8-9,11-15,18,21-22,25,28,31,34,37,40,42,44-60H2,1-3H3/b10-7-,19-16-,20-17-,24-23-,27-26-,30-29-,33-32-,36-35-,39-38-,43-41-. The van der Waals surface area contributed by atoms with Gasteiger partial charge < -0.3 is 14.2 Å². The lowest BCUT2D eigenvalue weighted by molar-refractivity contribution is -0.167. The van der Waals surface area contributed by atoms with E-state index < -0.39 is 6.10 Å². The van der Waals surface area contributed by atoms with Crippen LogP contribution in [0.3, 0.4) is 0 Å². The van der Waals surface area contributed by atoms with Gasteiger partial charge in [-0.15, -0.1) is 0 Å². The summed E-state index contributed by atoms with van der Waals surface area (Å²) >= 11 is 0. The van der Waals surface area contributed by atoms with Crippen molar-refractivity contribution in [1.82, 2.24) is 0 Å². The minimum Gasteiger partial charge on any atom is -0.462 e. The Morgan fingerprint density at radius 3 is 0.929 bits per heavy atom. The minimum absolute atomic E-state index is 0.0927. The van der Waals surface area contributed by atoms with Gasteiger partial charge in [0.25, 0.3) is 0 Å². The predicted molar refractivity (Wildman–Crippen MR) is 302 cm³/mol. The van der Waals surface area contributed by atoms with E-state index in [1.807, 2.05) is 0 Å². The van der Waals surface area contributed by atoms with Crippen molar-refractivity contribution in [2.45, 2.75) is 252 Å². The van der Waals surface area contributed by atoms with Gasteiger partial charge in [-0.25, -0.2) is 0 Å². The molecule has 0 radical (unpaired) electrons. The van der Waals surface area contributed by atoms with Gasteiger partial charge in [-0.05, 0) is 116 Å². The monoisotopic (exact) mass is 969 g/mol. The van der Waals surface area contributed by atoms with Gasteiger partial charge in [0.1, 0.15) is 13.2 Å². The Morgan fingerprint density at radius 1 is 0.300 bits per heavy atom. The molecule has 1 unspecified atom stereocenters. The number of unbranched alkanes of at least 4 members (excludes halogenated alkanes) is 19. The summed E-state index contributed by atoms with van der Waals surface area (Å²) < 4.78 is 16.7. The lowest BCUT2D eigenvalue weighted by Crippen LogP contribution is -2.30. The molecular weight excluding hydrogens is 865 g/mol. The van der Waals surface area contributed by atoms with Crippen molar-refractivity contribution in [3.05, 3.63) is 122 Å². The first kappa shape index (κ1) is 65.8. The smallest absolute Gasteiger partial charge is 0.306 e. The molecule has 0 aromatic heterocycles. The first-order valence-corrected chi connectivity index (χ1v) is 28.5. The molecule has 0 amide bonds. The van der Waals surface area contributed by atoms with E-state index in [4.69, 9.17) is 14.2 Å². The molecule has 0 aliphatic heterocycles. The lowest BCUT2D eigenvalue weighted by atomic mass is 10.1. The molecule has 0 N–H and O–H groups in total. The third-order valence-corrected chi connectivity index (χ3v) is 11.7. The predicted octanol–water partition coefficient (Wildman–Crippen LogP) is 19.3. The number of hydrogen-bond acceptors (Lipinski definition) is 6. The number of carbonyl (C=O) groups is 3. The third kappa shape index (κ3) is 54.7. The Hall–Kier alpha value is -4.19. The fourth-order valence-corrected chi connectivity index (χ4v) is 7.43. The average molecular weight is 970 g/mol. The highest BCUT2D eigenvalue weighted by Crippen LogP contribution is 2.13. The minimum atomic E-state index is -0.795. The summed E-state index contributed by atoms with van der Waals surface area (Å²) in [6, 6.07) is 0. The number of rotatable bonds is 50. The van der Waals surface area contributed by atoms with Gasteiger partial charge in [0.2, 0.25) is 0 Å². The molecule has 6 nitrogen and oxygen atoms in total. The molecule has 0 aromatic carbocycles. The van der Waals surface area contributed by atoms with E-state index in [2.05, 4.69) is 142 Å². The van der Waals surface area contributed by atoms with Crippen LogP contribution in [-0.2, 0) is 28.6 Å². The molecule has 70 heavy (non-hydrogen) atoms. The highest BCUT2D eigenvalue weighted by Gasteiger charge is 2.19. The van der Waals surface area contributed by atoms with E-state index >= 15 is 0 Å². The van der Waals surface area contributed by atoms with Gasteiger partial charge in [0, 0.05) is 19.3 Å². The Bertz CT molecular complexity index is 1490. The highest BCUT2D eigenvalue weighted by molar-refractivity contribution is 5.71. The largest absolute Gasteiger partial charge is 0.462 e. The van der Waals surface area contributed by atoms with E-state index in [1.54, 1.807) is 0 Å². The molecule has 0 rings (SSSR count). The number of carbonyl (C=O) groups excluding carboxylic acids is 3. The van der Waals surface area contributed by atoms with Gasteiger partial charge in [0.15, 0.2) is 6.10 Å². The molecule has 0 saturated carbocycles. The number of allylic oxidation sites excluding steroid dienone is 20. The highest BCUT2D eigenvalue weighted by atomic mass is 16.6. The number of esters is 3. The summed E-state index contributed by atoms with van der Waals surface area (Å²) in [4.78, 5) is 37.9. The van der Waals surface area contributed by atoms with Crippen molar-refractivity contribution in [3.63, 3.8) is 0 Å². The van der Waals surface area contributed by atoms with Crippen molar-refractivity contribution in [2.75, 3.05) is 13.2 Å². The first-order valence-electron chi connectivity index (χ1n) is 28.5. The molecule has 6 heteroatoms. The molecule has 0 bridgehead atoms. The van der Waals surface area contributed by atoms with Crippen LogP contribution in [0.15, 0.2) is 122 Å². The van der Waals surface area contributed by atoms with Gasteiger partial charge >= 0.3 is 17.9 Å². The van der Waals surface area contributed by atoms with E-state index in [0.717, 1.165) is 135 Å². The molecule has 0 fully saturated rings. The molecule has 0 spiro atoms. The van der Waals surface area contributed by atoms with Crippen LogP contribution < -0.4 is 0 Å². The van der Waals surface area contributed by atoms with E-state index in [9.17, 15) is 14.4 Å². The molecule has 0 saturated heterocycles. The lowest BCUT2D eigenvalue weighted by Gasteiger charge is -2.18. The second-order valence-corrected chi connectivity index (χ2v) is 18.5. The molecule has 396 valence electrons. The molecular formula is C64H104O6. The summed E-state index contributed by atoms with van der Waals surface area (Å²) in [5.74, 6) is -0.944. The van der Waals surface area contributed by atoms with E-state index in [1.165, 1.54) is 70.6 Å². The average Bonchev–Trinajstić information content (AvgIpc) is 3.36. The topological polar surface area (TPSA) is 78.9 Å². The van der Waals surface area contributed by atoms with Crippen molar-refractivity contribution >= 4 is 17.9 Å².